The number of likely N-dealkylation sites (N-methyl/N-ethyl adjacent to an activating group) is 1. The van der Waals surface area contributed by atoms with Gasteiger partial charge in [0.05, 0.1) is 13.0 Å². The van der Waals surface area contributed by atoms with E-state index >= 15 is 0 Å². The standard InChI is InChI=1S/C13H25N3O2/c1-14-5-7-15(8-6-14)9-10-16-4-3-12(11-16)13(17)18-2/h12H,3-11H2,1-2H3. The van der Waals surface area contributed by atoms with Crippen molar-refractivity contribution in [1.29, 1.82) is 0 Å². The van der Waals surface area contributed by atoms with Crippen LogP contribution in [0.5, 0.6) is 0 Å². The van der Waals surface area contributed by atoms with Crippen LogP contribution in [0.4, 0.5) is 0 Å². The molecule has 104 valence electrons. The molecule has 2 aliphatic heterocycles. The second kappa shape index (κ2) is 6.50. The number of methoxy groups -OCH3 is 1. The third kappa shape index (κ3) is 3.67. The van der Waals surface area contributed by atoms with Crippen molar-refractivity contribution in [3.05, 3.63) is 0 Å². The number of hydrogen-bond acceptors (Lipinski definition) is 5. The van der Waals surface area contributed by atoms with Gasteiger partial charge in [0.1, 0.15) is 0 Å². The minimum Gasteiger partial charge on any atom is -0.469 e. The first-order valence-electron chi connectivity index (χ1n) is 6.90. The van der Waals surface area contributed by atoms with Crippen molar-refractivity contribution >= 4 is 5.97 Å². The van der Waals surface area contributed by atoms with Crippen LogP contribution < -0.4 is 0 Å². The number of likely N-dealkylation sites (tertiary alicyclic amines) is 1. The fraction of sp³-hybridized carbons (Fsp3) is 0.923. The zero-order valence-electron chi connectivity index (χ0n) is 11.6. The highest BCUT2D eigenvalue weighted by Gasteiger charge is 2.28. The zero-order chi connectivity index (χ0) is 13.0. The van der Waals surface area contributed by atoms with E-state index in [0.29, 0.717) is 0 Å². The molecule has 2 heterocycles. The SMILES string of the molecule is COC(=O)C1CCN(CCN2CCN(C)CC2)C1. The number of esters is 1. The van der Waals surface area contributed by atoms with E-state index < -0.39 is 0 Å². The van der Waals surface area contributed by atoms with Crippen LogP contribution in [0.1, 0.15) is 6.42 Å². The van der Waals surface area contributed by atoms with Gasteiger partial charge in [-0.05, 0) is 20.0 Å². The van der Waals surface area contributed by atoms with Gasteiger partial charge in [0, 0.05) is 45.8 Å². The maximum absolute atomic E-state index is 11.4. The summed E-state index contributed by atoms with van der Waals surface area (Å²) >= 11 is 0. The highest BCUT2D eigenvalue weighted by atomic mass is 16.5. The fourth-order valence-electron chi connectivity index (χ4n) is 2.75. The highest BCUT2D eigenvalue weighted by molar-refractivity contribution is 5.72. The number of rotatable bonds is 4. The number of carbonyl (C=O) groups is 1. The van der Waals surface area contributed by atoms with Crippen molar-refractivity contribution in [3.8, 4) is 0 Å². The molecule has 0 radical (unpaired) electrons. The van der Waals surface area contributed by atoms with E-state index in [2.05, 4.69) is 21.7 Å². The molecule has 0 saturated carbocycles. The first kappa shape index (κ1) is 13.8. The molecule has 2 fully saturated rings. The molecule has 0 spiro atoms. The Morgan fingerprint density at radius 1 is 1.11 bits per heavy atom. The molecule has 18 heavy (non-hydrogen) atoms. The van der Waals surface area contributed by atoms with Gasteiger partial charge in [-0.25, -0.2) is 0 Å². The number of carbonyl (C=O) groups excluding carboxylic acids is 1. The first-order chi connectivity index (χ1) is 8.69. The molecule has 5 nitrogen and oxygen atoms in total. The monoisotopic (exact) mass is 255 g/mol. The van der Waals surface area contributed by atoms with Gasteiger partial charge in [-0.1, -0.05) is 0 Å². The lowest BCUT2D eigenvalue weighted by Gasteiger charge is -2.33. The Labute approximate surface area is 110 Å². The summed E-state index contributed by atoms with van der Waals surface area (Å²) in [5, 5.41) is 0. The highest BCUT2D eigenvalue weighted by Crippen LogP contribution is 2.17. The molecule has 0 aromatic heterocycles. The maximum Gasteiger partial charge on any atom is 0.310 e. The van der Waals surface area contributed by atoms with Crippen molar-refractivity contribution < 1.29 is 9.53 Å². The number of nitrogens with zero attached hydrogens (tertiary/aromatic N) is 3. The Morgan fingerprint density at radius 2 is 1.78 bits per heavy atom. The first-order valence-corrected chi connectivity index (χ1v) is 6.90. The fourth-order valence-corrected chi connectivity index (χ4v) is 2.75. The third-order valence-corrected chi connectivity index (χ3v) is 4.14. The average molecular weight is 255 g/mol. The predicted molar refractivity (Wildman–Crippen MR) is 70.5 cm³/mol. The molecular formula is C13H25N3O2. The smallest absolute Gasteiger partial charge is 0.310 e. The van der Waals surface area contributed by atoms with Crippen molar-refractivity contribution in [2.75, 3.05) is 66.5 Å². The van der Waals surface area contributed by atoms with Crippen molar-refractivity contribution in [2.24, 2.45) is 5.92 Å². The summed E-state index contributed by atoms with van der Waals surface area (Å²) in [5.41, 5.74) is 0. The minimum absolute atomic E-state index is 0.0444. The lowest BCUT2D eigenvalue weighted by atomic mass is 10.1. The molecular weight excluding hydrogens is 230 g/mol. The van der Waals surface area contributed by atoms with E-state index in [1.807, 2.05) is 0 Å². The van der Waals surface area contributed by atoms with Gasteiger partial charge in [-0.2, -0.15) is 0 Å². The van der Waals surface area contributed by atoms with Gasteiger partial charge in [0.2, 0.25) is 0 Å². The molecule has 0 bridgehead atoms. The quantitative estimate of drug-likeness (QED) is 0.646. The number of ether oxygens (including phenoxy) is 1. The summed E-state index contributed by atoms with van der Waals surface area (Å²) < 4.78 is 4.81. The molecule has 2 rings (SSSR count). The number of hydrogen-bond donors (Lipinski definition) is 0. The van der Waals surface area contributed by atoms with Crippen molar-refractivity contribution in [2.45, 2.75) is 6.42 Å². The van der Waals surface area contributed by atoms with Gasteiger partial charge in [0.15, 0.2) is 0 Å². The summed E-state index contributed by atoms with van der Waals surface area (Å²) in [6.07, 6.45) is 0.954. The maximum atomic E-state index is 11.4. The predicted octanol–water partition coefficient (Wildman–Crippen LogP) is -0.271. The summed E-state index contributed by atoms with van der Waals surface area (Å²) in [7, 11) is 3.66. The molecule has 2 aliphatic rings. The van der Waals surface area contributed by atoms with Gasteiger partial charge in [0.25, 0.3) is 0 Å². The molecule has 5 heteroatoms. The van der Waals surface area contributed by atoms with Gasteiger partial charge >= 0.3 is 5.97 Å². The van der Waals surface area contributed by atoms with Crippen LogP contribution in [0.2, 0.25) is 0 Å². The van der Waals surface area contributed by atoms with E-state index in [0.717, 1.165) is 32.6 Å². The van der Waals surface area contributed by atoms with Gasteiger partial charge in [-0.15, -0.1) is 0 Å². The second-order valence-corrected chi connectivity index (χ2v) is 5.45. The van der Waals surface area contributed by atoms with Crippen LogP contribution in [-0.4, -0.2) is 87.2 Å². The van der Waals surface area contributed by atoms with Crippen LogP contribution in [0.15, 0.2) is 0 Å². The summed E-state index contributed by atoms with van der Waals surface area (Å²) in [6, 6.07) is 0. The topological polar surface area (TPSA) is 36.0 Å². The molecule has 1 unspecified atom stereocenters. The van der Waals surface area contributed by atoms with Crippen LogP contribution in [0, 0.1) is 5.92 Å². The van der Waals surface area contributed by atoms with Crippen LogP contribution in [0.25, 0.3) is 0 Å². The summed E-state index contributed by atoms with van der Waals surface area (Å²) in [4.78, 5) is 18.7. The molecule has 0 aromatic rings. The Bertz CT molecular complexity index is 277. The molecule has 0 N–H and O–H groups in total. The van der Waals surface area contributed by atoms with Crippen molar-refractivity contribution in [1.82, 2.24) is 14.7 Å². The summed E-state index contributed by atoms with van der Waals surface area (Å²) in [6.45, 7) is 8.80. The van der Waals surface area contributed by atoms with E-state index in [1.165, 1.54) is 33.3 Å². The van der Waals surface area contributed by atoms with Gasteiger partial charge in [-0.3, -0.25) is 9.69 Å². The van der Waals surface area contributed by atoms with Crippen molar-refractivity contribution in [3.63, 3.8) is 0 Å². The lowest BCUT2D eigenvalue weighted by molar-refractivity contribution is -0.144. The Hall–Kier alpha value is -0.650. The normalized spacial score (nSPS) is 27.6. The van der Waals surface area contributed by atoms with Crippen LogP contribution in [0.3, 0.4) is 0 Å². The minimum atomic E-state index is -0.0444. The molecule has 0 aromatic carbocycles. The van der Waals surface area contributed by atoms with Gasteiger partial charge < -0.3 is 14.5 Å². The van der Waals surface area contributed by atoms with Crippen LogP contribution >= 0.6 is 0 Å². The van der Waals surface area contributed by atoms with E-state index in [1.54, 1.807) is 0 Å². The Kier molecular flexibility index (Phi) is 4.97. The number of piperazine rings is 1. The van der Waals surface area contributed by atoms with E-state index in [9.17, 15) is 4.79 Å². The second-order valence-electron chi connectivity index (χ2n) is 5.45. The Balaban J connectivity index is 1.64. The van der Waals surface area contributed by atoms with E-state index in [4.69, 9.17) is 4.74 Å². The largest absolute Gasteiger partial charge is 0.469 e. The van der Waals surface area contributed by atoms with Crippen LogP contribution in [-0.2, 0) is 9.53 Å². The zero-order valence-corrected chi connectivity index (χ0v) is 11.6. The Morgan fingerprint density at radius 3 is 2.44 bits per heavy atom. The molecule has 1 atom stereocenters. The van der Waals surface area contributed by atoms with E-state index in [-0.39, 0.29) is 11.9 Å². The average Bonchev–Trinajstić information content (AvgIpc) is 2.86. The molecule has 0 amide bonds. The molecule has 0 aliphatic carbocycles. The molecule has 2 saturated heterocycles. The lowest BCUT2D eigenvalue weighted by Crippen LogP contribution is -2.46. The summed E-state index contributed by atoms with van der Waals surface area (Å²) in [5.74, 6) is 0.0552. The third-order valence-electron chi connectivity index (χ3n) is 4.14.